The Morgan fingerprint density at radius 3 is 2.80 bits per heavy atom. The number of carbonyl (C=O) groups excluding carboxylic acids is 2. The second-order valence-electron chi connectivity index (χ2n) is 2.70. The first-order chi connectivity index (χ1) is 7.10. The molecule has 0 aliphatic rings. The van der Waals surface area contributed by atoms with Gasteiger partial charge in [-0.15, -0.1) is 0 Å². The summed E-state index contributed by atoms with van der Waals surface area (Å²) >= 11 is 5.50. The fraction of sp³-hybridized carbons (Fsp3) is 0.200. The minimum absolute atomic E-state index is 0.126. The number of halogens is 2. The molecule has 0 aliphatic heterocycles. The molecule has 0 fully saturated rings. The van der Waals surface area contributed by atoms with Crippen LogP contribution >= 0.6 is 11.6 Å². The first-order valence-corrected chi connectivity index (χ1v) is 4.59. The molecule has 0 spiro atoms. The van der Waals surface area contributed by atoms with Crippen molar-refractivity contribution in [1.82, 2.24) is 0 Å². The summed E-state index contributed by atoms with van der Waals surface area (Å²) < 4.78 is 18.0. The molecule has 0 aliphatic carbocycles. The maximum atomic E-state index is 13.3. The van der Waals surface area contributed by atoms with Crippen molar-refractivity contribution in [2.45, 2.75) is 6.92 Å². The van der Waals surface area contributed by atoms with Gasteiger partial charge in [0.25, 0.3) is 0 Å². The van der Waals surface area contributed by atoms with Crippen molar-refractivity contribution < 1.29 is 18.7 Å². The third-order valence-corrected chi connectivity index (χ3v) is 1.96. The van der Waals surface area contributed by atoms with Gasteiger partial charge in [-0.2, -0.15) is 0 Å². The molecule has 3 nitrogen and oxygen atoms in total. The number of esters is 1. The Labute approximate surface area is 90.8 Å². The summed E-state index contributed by atoms with van der Waals surface area (Å²) in [5.74, 6) is -1.71. The van der Waals surface area contributed by atoms with Crippen LogP contribution in [0.4, 0.5) is 4.39 Å². The molecule has 0 atom stereocenters. The Balaban J connectivity index is 3.21. The van der Waals surface area contributed by atoms with Crippen LogP contribution in [0.15, 0.2) is 12.1 Å². The summed E-state index contributed by atoms with van der Waals surface area (Å²) in [6.07, 6.45) is 0.480. The predicted octanol–water partition coefficient (Wildman–Crippen LogP) is 2.47. The normalized spacial score (nSPS) is 9.80. The molecule has 0 unspecified atom stereocenters. The van der Waals surface area contributed by atoms with E-state index in [0.717, 1.165) is 12.1 Å². The summed E-state index contributed by atoms with van der Waals surface area (Å²) in [5, 5.41) is -0.275. The third-order valence-electron chi connectivity index (χ3n) is 1.68. The molecular weight excluding hydrogens is 223 g/mol. The molecule has 0 saturated heterocycles. The van der Waals surface area contributed by atoms with Gasteiger partial charge in [-0.05, 0) is 19.1 Å². The van der Waals surface area contributed by atoms with E-state index < -0.39 is 11.8 Å². The van der Waals surface area contributed by atoms with Crippen LogP contribution in [-0.2, 0) is 4.74 Å². The number of ether oxygens (including phenoxy) is 1. The lowest BCUT2D eigenvalue weighted by Gasteiger charge is -2.05. The van der Waals surface area contributed by atoms with Gasteiger partial charge < -0.3 is 4.74 Å². The third kappa shape index (κ3) is 2.53. The van der Waals surface area contributed by atoms with Crippen molar-refractivity contribution >= 4 is 23.9 Å². The molecule has 0 bridgehead atoms. The number of carbonyl (C=O) groups is 2. The summed E-state index contributed by atoms with van der Waals surface area (Å²) in [6, 6.07) is 2.25. The molecule has 1 aromatic rings. The van der Waals surface area contributed by atoms with Crippen LogP contribution in [0.25, 0.3) is 0 Å². The van der Waals surface area contributed by atoms with Crippen molar-refractivity contribution in [2.75, 3.05) is 6.61 Å². The zero-order valence-electron chi connectivity index (χ0n) is 7.92. The van der Waals surface area contributed by atoms with E-state index in [9.17, 15) is 14.0 Å². The highest BCUT2D eigenvalue weighted by Gasteiger charge is 2.16. The minimum Gasteiger partial charge on any atom is -0.462 e. The molecule has 0 heterocycles. The van der Waals surface area contributed by atoms with Gasteiger partial charge in [0.05, 0.1) is 17.2 Å². The molecular formula is C10H8ClFO3. The van der Waals surface area contributed by atoms with E-state index >= 15 is 0 Å². The first kappa shape index (κ1) is 11.7. The lowest BCUT2D eigenvalue weighted by molar-refractivity contribution is 0.0521. The van der Waals surface area contributed by atoms with Gasteiger partial charge in [-0.3, -0.25) is 4.79 Å². The maximum absolute atomic E-state index is 13.3. The lowest BCUT2D eigenvalue weighted by Crippen LogP contribution is -2.08. The van der Waals surface area contributed by atoms with Gasteiger partial charge >= 0.3 is 5.97 Å². The molecule has 5 heteroatoms. The topological polar surface area (TPSA) is 43.4 Å². The molecule has 0 amide bonds. The number of rotatable bonds is 3. The Morgan fingerprint density at radius 2 is 2.27 bits per heavy atom. The smallest absolute Gasteiger partial charge is 0.341 e. The molecule has 0 aromatic heterocycles. The molecule has 15 heavy (non-hydrogen) atoms. The number of benzene rings is 1. The number of hydrogen-bond donors (Lipinski definition) is 0. The van der Waals surface area contributed by atoms with Crippen LogP contribution in [0.3, 0.4) is 0 Å². The highest BCUT2D eigenvalue weighted by atomic mass is 35.5. The number of hydrogen-bond acceptors (Lipinski definition) is 3. The van der Waals surface area contributed by atoms with E-state index in [1.807, 2.05) is 0 Å². The zero-order chi connectivity index (χ0) is 11.4. The Morgan fingerprint density at radius 1 is 1.60 bits per heavy atom. The van der Waals surface area contributed by atoms with Crippen LogP contribution < -0.4 is 0 Å². The van der Waals surface area contributed by atoms with E-state index in [1.165, 1.54) is 0 Å². The summed E-state index contributed by atoms with van der Waals surface area (Å²) in [5.41, 5.74) is -0.198. The van der Waals surface area contributed by atoms with Crippen LogP contribution in [0.5, 0.6) is 0 Å². The molecule has 0 radical (unpaired) electrons. The second-order valence-corrected chi connectivity index (χ2v) is 3.11. The minimum atomic E-state index is -0.874. The summed E-state index contributed by atoms with van der Waals surface area (Å²) in [7, 11) is 0. The average molecular weight is 231 g/mol. The van der Waals surface area contributed by atoms with Crippen molar-refractivity contribution in [1.29, 1.82) is 0 Å². The monoisotopic (exact) mass is 230 g/mol. The van der Waals surface area contributed by atoms with Gasteiger partial charge in [0.15, 0.2) is 5.82 Å². The fourth-order valence-corrected chi connectivity index (χ4v) is 1.26. The summed E-state index contributed by atoms with van der Waals surface area (Å²) in [6.45, 7) is 1.72. The van der Waals surface area contributed by atoms with E-state index in [2.05, 4.69) is 4.74 Å². The van der Waals surface area contributed by atoms with Crippen molar-refractivity contribution in [3.8, 4) is 0 Å². The van der Waals surface area contributed by atoms with Crippen LogP contribution in [0.2, 0.25) is 5.02 Å². The molecule has 1 aromatic carbocycles. The zero-order valence-corrected chi connectivity index (χ0v) is 8.68. The van der Waals surface area contributed by atoms with Crippen LogP contribution in [-0.4, -0.2) is 18.9 Å². The first-order valence-electron chi connectivity index (χ1n) is 4.21. The summed E-state index contributed by atoms with van der Waals surface area (Å²) in [4.78, 5) is 21.7. The molecule has 0 N–H and O–H groups in total. The van der Waals surface area contributed by atoms with Gasteiger partial charge in [0.2, 0.25) is 0 Å². The quantitative estimate of drug-likeness (QED) is 0.592. The molecule has 1 rings (SSSR count). The predicted molar refractivity (Wildman–Crippen MR) is 52.8 cm³/mol. The van der Waals surface area contributed by atoms with Gasteiger partial charge in [0, 0.05) is 5.56 Å². The van der Waals surface area contributed by atoms with E-state index in [0.29, 0.717) is 6.29 Å². The van der Waals surface area contributed by atoms with E-state index in [-0.39, 0.29) is 22.8 Å². The number of aldehydes is 1. The highest BCUT2D eigenvalue weighted by Crippen LogP contribution is 2.20. The maximum Gasteiger partial charge on any atom is 0.341 e. The SMILES string of the molecule is CCOC(=O)c1cc(C=O)cc(Cl)c1F. The highest BCUT2D eigenvalue weighted by molar-refractivity contribution is 6.31. The van der Waals surface area contributed by atoms with Gasteiger partial charge in [-0.25, -0.2) is 9.18 Å². The Kier molecular flexibility index (Phi) is 3.80. The molecule has 0 saturated carbocycles. The van der Waals surface area contributed by atoms with Crippen LogP contribution in [0, 0.1) is 5.82 Å². The second kappa shape index (κ2) is 4.89. The van der Waals surface area contributed by atoms with Crippen molar-refractivity contribution in [2.24, 2.45) is 0 Å². The van der Waals surface area contributed by atoms with Crippen LogP contribution in [0.1, 0.15) is 27.6 Å². The van der Waals surface area contributed by atoms with E-state index in [1.54, 1.807) is 6.92 Å². The largest absolute Gasteiger partial charge is 0.462 e. The van der Waals surface area contributed by atoms with Gasteiger partial charge in [0.1, 0.15) is 6.29 Å². The standard InChI is InChI=1S/C10H8ClFO3/c1-2-15-10(14)7-3-6(5-13)4-8(11)9(7)12/h3-5H,2H2,1H3. The lowest BCUT2D eigenvalue weighted by atomic mass is 10.1. The molecule has 80 valence electrons. The van der Waals surface area contributed by atoms with Gasteiger partial charge in [-0.1, -0.05) is 11.6 Å². The average Bonchev–Trinajstić information content (AvgIpc) is 2.22. The van der Waals surface area contributed by atoms with Crippen molar-refractivity contribution in [3.63, 3.8) is 0 Å². The Hall–Kier alpha value is -1.42. The van der Waals surface area contributed by atoms with E-state index in [4.69, 9.17) is 11.6 Å². The Bertz CT molecular complexity index is 404. The van der Waals surface area contributed by atoms with Crippen molar-refractivity contribution in [3.05, 3.63) is 34.1 Å². The fourth-order valence-electron chi connectivity index (χ4n) is 1.04.